The number of thioether (sulfide) groups is 1. The van der Waals surface area contributed by atoms with E-state index >= 15 is 0 Å². The minimum atomic E-state index is -0.517. The Kier molecular flexibility index (Phi) is 5.48. The number of hydrogen-bond acceptors (Lipinski definition) is 6. The summed E-state index contributed by atoms with van der Waals surface area (Å²) >= 11 is 7.03. The molecule has 0 saturated heterocycles. The predicted octanol–water partition coefficient (Wildman–Crippen LogP) is 2.78. The quantitative estimate of drug-likeness (QED) is 0.410. The molecule has 2 heterocycles. The highest BCUT2D eigenvalue weighted by Gasteiger charge is 2.10. The first-order chi connectivity index (χ1) is 12.4. The molecule has 10 heteroatoms. The fourth-order valence-electron chi connectivity index (χ4n) is 2.17. The number of carbonyl (C=O) groups is 1. The van der Waals surface area contributed by atoms with Gasteiger partial charge in [-0.3, -0.25) is 4.79 Å². The van der Waals surface area contributed by atoms with Crippen molar-refractivity contribution in [2.45, 2.75) is 19.0 Å². The van der Waals surface area contributed by atoms with E-state index < -0.39 is 5.82 Å². The number of amides is 1. The number of hydrazone groups is 1. The lowest BCUT2D eigenvalue weighted by Crippen LogP contribution is -2.19. The molecule has 1 amide bonds. The monoisotopic (exact) mass is 392 g/mol. The summed E-state index contributed by atoms with van der Waals surface area (Å²) in [6.07, 6.45) is 1.17. The van der Waals surface area contributed by atoms with Crippen molar-refractivity contribution in [3.05, 3.63) is 52.1 Å². The maximum absolute atomic E-state index is 13.6. The summed E-state index contributed by atoms with van der Waals surface area (Å²) in [7, 11) is 0. The van der Waals surface area contributed by atoms with Crippen LogP contribution in [0.3, 0.4) is 0 Å². The lowest BCUT2D eigenvalue weighted by atomic mass is 10.2. The van der Waals surface area contributed by atoms with Gasteiger partial charge in [0, 0.05) is 17.0 Å². The Morgan fingerprint density at radius 1 is 1.42 bits per heavy atom. The number of aromatic nitrogens is 4. The number of rotatable bonds is 5. The summed E-state index contributed by atoms with van der Waals surface area (Å²) in [5, 5.41) is 8.67. The van der Waals surface area contributed by atoms with E-state index in [2.05, 4.69) is 25.6 Å². The molecule has 0 aliphatic carbocycles. The molecule has 0 aliphatic rings. The molecule has 134 valence electrons. The zero-order valence-corrected chi connectivity index (χ0v) is 15.5. The average molecular weight is 393 g/mol. The molecule has 2 aromatic heterocycles. The zero-order chi connectivity index (χ0) is 18.7. The number of benzene rings is 1. The van der Waals surface area contributed by atoms with E-state index in [9.17, 15) is 9.18 Å². The van der Waals surface area contributed by atoms with Gasteiger partial charge in [0.05, 0.1) is 17.0 Å². The van der Waals surface area contributed by atoms with Gasteiger partial charge in [0.25, 0.3) is 11.7 Å². The van der Waals surface area contributed by atoms with Gasteiger partial charge in [0.2, 0.25) is 5.16 Å². The van der Waals surface area contributed by atoms with Crippen LogP contribution in [-0.4, -0.2) is 37.5 Å². The fraction of sp³-hybridized carbons (Fsp3) is 0.188. The summed E-state index contributed by atoms with van der Waals surface area (Å²) in [5.41, 5.74) is 4.18. The van der Waals surface area contributed by atoms with E-state index in [0.29, 0.717) is 10.9 Å². The third-order valence-electron chi connectivity index (χ3n) is 3.31. The molecule has 0 fully saturated rings. The minimum Gasteiger partial charge on any atom is -0.272 e. The van der Waals surface area contributed by atoms with E-state index in [0.717, 1.165) is 23.1 Å². The van der Waals surface area contributed by atoms with Gasteiger partial charge < -0.3 is 0 Å². The van der Waals surface area contributed by atoms with Gasteiger partial charge in [-0.15, -0.1) is 5.10 Å². The highest BCUT2D eigenvalue weighted by atomic mass is 35.5. The molecule has 26 heavy (non-hydrogen) atoms. The van der Waals surface area contributed by atoms with Gasteiger partial charge in [-0.25, -0.2) is 19.3 Å². The van der Waals surface area contributed by atoms with Crippen molar-refractivity contribution < 1.29 is 9.18 Å². The Morgan fingerprint density at radius 2 is 2.23 bits per heavy atom. The van der Waals surface area contributed by atoms with Crippen LogP contribution in [0.1, 0.15) is 17.0 Å². The molecule has 0 spiro atoms. The van der Waals surface area contributed by atoms with Crippen molar-refractivity contribution >= 4 is 41.3 Å². The van der Waals surface area contributed by atoms with E-state index in [1.807, 2.05) is 19.9 Å². The number of fused-ring (bicyclic) bond motifs is 1. The molecular formula is C16H14ClFN6OS. The third kappa shape index (κ3) is 4.17. The summed E-state index contributed by atoms with van der Waals surface area (Å²) in [6.45, 7) is 3.78. The van der Waals surface area contributed by atoms with Crippen LogP contribution in [0.15, 0.2) is 34.5 Å². The van der Waals surface area contributed by atoms with E-state index in [1.54, 1.807) is 4.52 Å². The second-order valence-electron chi connectivity index (χ2n) is 5.36. The number of carbonyl (C=O) groups excluding carboxylic acids is 1. The maximum Gasteiger partial charge on any atom is 0.253 e. The van der Waals surface area contributed by atoms with Gasteiger partial charge in [-0.2, -0.15) is 10.1 Å². The van der Waals surface area contributed by atoms with Crippen LogP contribution in [0.4, 0.5) is 4.39 Å². The van der Waals surface area contributed by atoms with Crippen molar-refractivity contribution in [1.82, 2.24) is 25.0 Å². The summed E-state index contributed by atoms with van der Waals surface area (Å²) in [6, 6.07) is 6.18. The van der Waals surface area contributed by atoms with Crippen molar-refractivity contribution in [2.75, 3.05) is 5.75 Å². The number of aryl methyl sites for hydroxylation is 2. The Hall–Kier alpha value is -2.52. The van der Waals surface area contributed by atoms with Crippen LogP contribution in [-0.2, 0) is 4.79 Å². The number of hydrogen-bond donors (Lipinski definition) is 1. The molecule has 3 rings (SSSR count). The van der Waals surface area contributed by atoms with Gasteiger partial charge in [-0.1, -0.05) is 29.4 Å². The largest absolute Gasteiger partial charge is 0.272 e. The van der Waals surface area contributed by atoms with Gasteiger partial charge in [-0.05, 0) is 32.0 Å². The molecule has 0 unspecified atom stereocenters. The van der Waals surface area contributed by atoms with Crippen molar-refractivity contribution in [2.24, 2.45) is 5.10 Å². The Morgan fingerprint density at radius 3 is 3.00 bits per heavy atom. The number of nitrogens with zero attached hydrogens (tertiary/aromatic N) is 5. The van der Waals surface area contributed by atoms with Gasteiger partial charge in [0.1, 0.15) is 5.82 Å². The van der Waals surface area contributed by atoms with Crippen molar-refractivity contribution in [3.63, 3.8) is 0 Å². The van der Waals surface area contributed by atoms with Crippen LogP contribution in [0.2, 0.25) is 5.02 Å². The first-order valence-corrected chi connectivity index (χ1v) is 8.90. The fourth-order valence-corrected chi connectivity index (χ4v) is 3.00. The lowest BCUT2D eigenvalue weighted by molar-refractivity contribution is -0.118. The van der Waals surface area contributed by atoms with Crippen LogP contribution in [0, 0.1) is 19.7 Å². The number of nitrogens with one attached hydrogen (secondary N) is 1. The second-order valence-corrected chi connectivity index (χ2v) is 6.71. The van der Waals surface area contributed by atoms with Crippen LogP contribution in [0.25, 0.3) is 5.78 Å². The standard InChI is InChI=1S/C16H14ClFN6OS/c1-9-6-10(2)24-15(20-9)21-16(23-24)26-8-14(25)22-19-7-11-12(17)4-3-5-13(11)18/h3-7H,8H2,1-2H3,(H,22,25). The molecule has 7 nitrogen and oxygen atoms in total. The molecule has 0 bridgehead atoms. The summed E-state index contributed by atoms with van der Waals surface area (Å²) < 4.78 is 15.2. The van der Waals surface area contributed by atoms with Gasteiger partial charge >= 0.3 is 0 Å². The van der Waals surface area contributed by atoms with E-state index in [-0.39, 0.29) is 22.2 Å². The third-order valence-corrected chi connectivity index (χ3v) is 4.48. The highest BCUT2D eigenvalue weighted by molar-refractivity contribution is 7.99. The Balaban J connectivity index is 1.59. The lowest BCUT2D eigenvalue weighted by Gasteiger charge is -2.00. The Bertz CT molecular complexity index is 986. The van der Waals surface area contributed by atoms with E-state index in [4.69, 9.17) is 11.6 Å². The molecule has 0 atom stereocenters. The van der Waals surface area contributed by atoms with Crippen molar-refractivity contribution in [1.29, 1.82) is 0 Å². The molecule has 1 N–H and O–H groups in total. The van der Waals surface area contributed by atoms with Crippen LogP contribution < -0.4 is 5.43 Å². The summed E-state index contributed by atoms with van der Waals surface area (Å²) in [5.74, 6) is -0.356. The smallest absolute Gasteiger partial charge is 0.253 e. The number of halogens is 2. The topological polar surface area (TPSA) is 84.5 Å². The Labute approximate surface area is 157 Å². The predicted molar refractivity (Wildman–Crippen MR) is 98.1 cm³/mol. The van der Waals surface area contributed by atoms with Crippen molar-refractivity contribution in [3.8, 4) is 0 Å². The zero-order valence-electron chi connectivity index (χ0n) is 13.9. The maximum atomic E-state index is 13.6. The summed E-state index contributed by atoms with van der Waals surface area (Å²) in [4.78, 5) is 20.4. The molecule has 0 radical (unpaired) electrons. The highest BCUT2D eigenvalue weighted by Crippen LogP contribution is 2.17. The van der Waals surface area contributed by atoms with Crippen LogP contribution in [0.5, 0.6) is 0 Å². The molecule has 3 aromatic rings. The van der Waals surface area contributed by atoms with Crippen LogP contribution >= 0.6 is 23.4 Å². The SMILES string of the molecule is Cc1cc(C)n2nc(SCC(=O)NN=Cc3c(F)cccc3Cl)nc2n1. The van der Waals surface area contributed by atoms with Gasteiger partial charge in [0.15, 0.2) is 0 Å². The van der Waals surface area contributed by atoms with E-state index in [1.165, 1.54) is 24.4 Å². The molecular weight excluding hydrogens is 379 g/mol. The normalized spacial score (nSPS) is 11.4. The minimum absolute atomic E-state index is 0.0528. The molecule has 0 aliphatic heterocycles. The first-order valence-electron chi connectivity index (χ1n) is 7.54. The first kappa shape index (κ1) is 18.3. The molecule has 1 aromatic carbocycles. The second kappa shape index (κ2) is 7.79. The average Bonchev–Trinajstić information content (AvgIpc) is 2.99. The molecule has 0 saturated carbocycles.